The van der Waals surface area contributed by atoms with E-state index in [9.17, 15) is 9.59 Å². The van der Waals surface area contributed by atoms with Crippen LogP contribution in [0.3, 0.4) is 0 Å². The predicted octanol–water partition coefficient (Wildman–Crippen LogP) is 6.45. The fourth-order valence-corrected chi connectivity index (χ4v) is 9.66. The molecule has 1 saturated heterocycles. The summed E-state index contributed by atoms with van der Waals surface area (Å²) in [5, 5.41) is 4.62. The molecular formula is C26H38Cl2N2O3S. The van der Waals surface area contributed by atoms with Gasteiger partial charge in [-0.1, -0.05) is 27.7 Å². The van der Waals surface area contributed by atoms with Crippen molar-refractivity contribution in [1.82, 2.24) is 9.78 Å². The number of aromatic nitrogens is 2. The van der Waals surface area contributed by atoms with Gasteiger partial charge in [0.25, 0.3) is 0 Å². The molecule has 4 rings (SSSR count). The van der Waals surface area contributed by atoms with Crippen LogP contribution in [0.15, 0.2) is 6.20 Å². The lowest BCUT2D eigenvalue weighted by Gasteiger charge is -2.54. The molecule has 1 aliphatic heterocycles. The quantitative estimate of drug-likeness (QED) is 0.249. The summed E-state index contributed by atoms with van der Waals surface area (Å²) in [6.45, 7) is 11.7. The van der Waals surface area contributed by atoms with Crippen molar-refractivity contribution < 1.29 is 14.3 Å². The number of hydrogen-bond donors (Lipinski definition) is 0. The van der Waals surface area contributed by atoms with Crippen LogP contribution in [-0.2, 0) is 11.3 Å². The molecule has 1 aromatic rings. The van der Waals surface area contributed by atoms with Crippen molar-refractivity contribution in [3.05, 3.63) is 11.8 Å². The van der Waals surface area contributed by atoms with Crippen molar-refractivity contribution in [3.63, 3.8) is 0 Å². The number of nitrogens with zero attached hydrogens (tertiary/aromatic N) is 2. The largest absolute Gasteiger partial charge is 0.407 e. The number of fused-ring (bicyclic) bond motifs is 1. The molecule has 3 aliphatic rings. The third-order valence-corrected chi connectivity index (χ3v) is 11.1. The third kappa shape index (κ3) is 4.93. The Morgan fingerprint density at radius 2 is 1.94 bits per heavy atom. The van der Waals surface area contributed by atoms with Gasteiger partial charge < -0.3 is 4.74 Å². The van der Waals surface area contributed by atoms with Crippen molar-refractivity contribution in [3.8, 4) is 5.88 Å². The zero-order chi connectivity index (χ0) is 24.8. The van der Waals surface area contributed by atoms with Crippen LogP contribution in [0.1, 0.15) is 77.1 Å². The second-order valence-corrected chi connectivity index (χ2v) is 13.7. The Morgan fingerprint density at radius 1 is 1.21 bits per heavy atom. The summed E-state index contributed by atoms with van der Waals surface area (Å²) >= 11 is 14.8. The van der Waals surface area contributed by atoms with E-state index in [1.165, 1.54) is 12.2 Å². The van der Waals surface area contributed by atoms with E-state index >= 15 is 0 Å². The van der Waals surface area contributed by atoms with Gasteiger partial charge in [-0.3, -0.25) is 9.59 Å². The van der Waals surface area contributed by atoms with Gasteiger partial charge in [-0.2, -0.15) is 16.9 Å². The molecule has 0 radical (unpaired) electrons. The first kappa shape index (κ1) is 26.3. The highest BCUT2D eigenvalue weighted by Crippen LogP contribution is 2.56. The van der Waals surface area contributed by atoms with Crippen molar-refractivity contribution in [2.45, 2.75) is 89.3 Å². The number of carbonyl (C=O) groups is 2. The number of thioether (sulfide) groups is 1. The van der Waals surface area contributed by atoms with E-state index in [0.29, 0.717) is 42.0 Å². The van der Waals surface area contributed by atoms with Crippen molar-refractivity contribution in [1.29, 1.82) is 0 Å². The molecule has 8 unspecified atom stereocenters. The number of aryl methyl sites for hydroxylation is 1. The first-order valence-electron chi connectivity index (χ1n) is 12.8. The van der Waals surface area contributed by atoms with Crippen LogP contribution in [0.5, 0.6) is 5.88 Å². The van der Waals surface area contributed by atoms with Gasteiger partial charge in [0.05, 0.1) is 12.1 Å². The SMILES string of the molecule is CCn1ncc(C(=O)C2CC(C)C3SCCC(C)(C)C3C2C)c1OC(=O)C1CCC(Cl)CC1Cl. The fraction of sp³-hybridized carbons (Fsp3) is 0.808. The summed E-state index contributed by atoms with van der Waals surface area (Å²) in [6, 6.07) is 0. The Balaban J connectivity index is 1.58. The number of halogens is 2. The number of hydrogen-bond acceptors (Lipinski definition) is 5. The molecule has 190 valence electrons. The number of ether oxygens (including phenoxy) is 1. The molecule has 0 amide bonds. The van der Waals surface area contributed by atoms with Gasteiger partial charge in [0.15, 0.2) is 5.78 Å². The van der Waals surface area contributed by atoms with Gasteiger partial charge >= 0.3 is 5.97 Å². The number of esters is 1. The third-order valence-electron chi connectivity index (χ3n) is 8.60. The monoisotopic (exact) mass is 528 g/mol. The van der Waals surface area contributed by atoms with E-state index in [2.05, 4.69) is 44.6 Å². The lowest BCUT2D eigenvalue weighted by atomic mass is 9.57. The van der Waals surface area contributed by atoms with Gasteiger partial charge in [-0.25, -0.2) is 4.68 Å². The predicted molar refractivity (Wildman–Crippen MR) is 139 cm³/mol. The number of carbonyl (C=O) groups excluding carboxylic acids is 2. The van der Waals surface area contributed by atoms with Gasteiger partial charge in [0.1, 0.15) is 5.56 Å². The van der Waals surface area contributed by atoms with E-state index in [1.54, 1.807) is 10.9 Å². The summed E-state index contributed by atoms with van der Waals surface area (Å²) in [5.74, 6) is 1.82. The van der Waals surface area contributed by atoms with Crippen LogP contribution in [0.4, 0.5) is 0 Å². The molecule has 2 aliphatic carbocycles. The highest BCUT2D eigenvalue weighted by molar-refractivity contribution is 8.00. The van der Waals surface area contributed by atoms with Crippen molar-refractivity contribution in [2.75, 3.05) is 5.75 Å². The van der Waals surface area contributed by atoms with E-state index < -0.39 is 5.92 Å². The maximum Gasteiger partial charge on any atom is 0.317 e. The van der Waals surface area contributed by atoms with Gasteiger partial charge in [0, 0.05) is 28.5 Å². The summed E-state index contributed by atoms with van der Waals surface area (Å²) < 4.78 is 7.50. The van der Waals surface area contributed by atoms with Gasteiger partial charge in [-0.15, -0.1) is 23.2 Å². The topological polar surface area (TPSA) is 61.2 Å². The van der Waals surface area contributed by atoms with Crippen LogP contribution in [0.2, 0.25) is 0 Å². The van der Waals surface area contributed by atoms with Crippen LogP contribution < -0.4 is 4.74 Å². The normalized spacial score (nSPS) is 37.6. The second kappa shape index (κ2) is 10.3. The average Bonchev–Trinajstić information content (AvgIpc) is 3.17. The number of rotatable bonds is 5. The standard InChI is InChI=1S/C26H38Cl2N2O3S/c1-6-30-24(33-25(32)17-8-7-16(27)12-20(17)28)19(13-29-30)22(31)18-11-14(2)23-21(15(18)3)26(4,5)9-10-34-23/h13-18,20-21,23H,6-12H2,1-5H3. The molecule has 5 nitrogen and oxygen atoms in total. The smallest absolute Gasteiger partial charge is 0.317 e. The Morgan fingerprint density at radius 3 is 2.62 bits per heavy atom. The molecule has 0 N–H and O–H groups in total. The molecule has 3 fully saturated rings. The lowest BCUT2D eigenvalue weighted by Crippen LogP contribution is -2.51. The maximum atomic E-state index is 14.0. The molecule has 0 bridgehead atoms. The molecule has 8 atom stereocenters. The van der Waals surface area contributed by atoms with Crippen LogP contribution in [0.25, 0.3) is 0 Å². The molecule has 2 heterocycles. The minimum atomic E-state index is -0.422. The number of Topliss-reactive ketones (excluding diaryl/α,β-unsaturated/α-hetero) is 1. The fourth-order valence-electron chi connectivity index (χ4n) is 6.63. The second-order valence-electron chi connectivity index (χ2n) is 11.3. The molecule has 8 heteroatoms. The highest BCUT2D eigenvalue weighted by Gasteiger charge is 2.52. The minimum absolute atomic E-state index is 0.00864. The summed E-state index contributed by atoms with van der Waals surface area (Å²) in [7, 11) is 0. The molecule has 0 spiro atoms. The first-order chi connectivity index (χ1) is 16.0. The van der Waals surface area contributed by atoms with Crippen LogP contribution in [0, 0.1) is 35.0 Å². The minimum Gasteiger partial charge on any atom is -0.407 e. The molecule has 34 heavy (non-hydrogen) atoms. The summed E-state index contributed by atoms with van der Waals surface area (Å²) in [4.78, 5) is 27.0. The van der Waals surface area contributed by atoms with Gasteiger partial charge in [-0.05, 0) is 67.9 Å². The van der Waals surface area contributed by atoms with Crippen LogP contribution in [-0.4, -0.2) is 43.3 Å². The summed E-state index contributed by atoms with van der Waals surface area (Å²) in [5.41, 5.74) is 0.637. The molecule has 2 saturated carbocycles. The van der Waals surface area contributed by atoms with E-state index in [4.69, 9.17) is 27.9 Å². The van der Waals surface area contributed by atoms with E-state index in [-0.39, 0.29) is 45.6 Å². The van der Waals surface area contributed by atoms with Crippen molar-refractivity contribution >= 4 is 46.7 Å². The maximum absolute atomic E-state index is 14.0. The molecular weight excluding hydrogens is 491 g/mol. The number of ketones is 1. The number of alkyl halides is 2. The van der Waals surface area contributed by atoms with Crippen LogP contribution >= 0.6 is 35.0 Å². The zero-order valence-electron chi connectivity index (χ0n) is 20.9. The Bertz CT molecular complexity index is 920. The van der Waals surface area contributed by atoms with E-state index in [0.717, 1.165) is 12.8 Å². The van der Waals surface area contributed by atoms with Gasteiger partial charge in [0.2, 0.25) is 5.88 Å². The molecule has 1 aromatic heterocycles. The Kier molecular flexibility index (Phi) is 8.01. The lowest BCUT2D eigenvalue weighted by molar-refractivity contribution is -0.140. The van der Waals surface area contributed by atoms with Crippen molar-refractivity contribution in [2.24, 2.45) is 35.0 Å². The highest BCUT2D eigenvalue weighted by atomic mass is 35.5. The molecule has 0 aromatic carbocycles. The summed E-state index contributed by atoms with van der Waals surface area (Å²) in [6.07, 6.45) is 5.53. The Labute approximate surface area is 218 Å². The Hall–Kier alpha value is -0.720. The zero-order valence-corrected chi connectivity index (χ0v) is 23.3. The first-order valence-corrected chi connectivity index (χ1v) is 14.7. The van der Waals surface area contributed by atoms with E-state index in [1.807, 2.05) is 6.92 Å². The average molecular weight is 530 g/mol.